The number of aromatic nitrogens is 3. The molecule has 3 rings (SSSR count). The minimum atomic E-state index is 0.0664. The number of para-hydroxylation sites is 1. The number of aromatic amines is 1. The second-order valence-corrected chi connectivity index (χ2v) is 4.71. The fourth-order valence-corrected chi connectivity index (χ4v) is 2.07. The van der Waals surface area contributed by atoms with Crippen LogP contribution in [0, 0.1) is 0 Å². The molecule has 0 fully saturated rings. The Morgan fingerprint density at radius 1 is 1.27 bits per heavy atom. The third-order valence-corrected chi connectivity index (χ3v) is 3.22. The highest BCUT2D eigenvalue weighted by Gasteiger charge is 2.11. The van der Waals surface area contributed by atoms with Crippen molar-refractivity contribution < 1.29 is 9.53 Å². The summed E-state index contributed by atoms with van der Waals surface area (Å²) < 4.78 is 5.83. The maximum Gasteiger partial charge on any atom is 0.232 e. The number of hydrogen-bond donors (Lipinski definition) is 1. The van der Waals surface area contributed by atoms with Crippen LogP contribution in [0.1, 0.15) is 18.9 Å². The van der Waals surface area contributed by atoms with Gasteiger partial charge in [0, 0.05) is 18.2 Å². The third-order valence-electron chi connectivity index (χ3n) is 3.22. The number of benzene rings is 1. The van der Waals surface area contributed by atoms with Gasteiger partial charge in [-0.2, -0.15) is 0 Å². The van der Waals surface area contributed by atoms with Crippen LogP contribution in [0.25, 0.3) is 17.1 Å². The van der Waals surface area contributed by atoms with E-state index < -0.39 is 0 Å². The Morgan fingerprint density at radius 3 is 2.86 bits per heavy atom. The van der Waals surface area contributed by atoms with Gasteiger partial charge in [-0.3, -0.25) is 4.79 Å². The van der Waals surface area contributed by atoms with Crippen LogP contribution in [0.15, 0.2) is 48.9 Å². The molecule has 0 unspecified atom stereocenters. The average molecular weight is 293 g/mol. The van der Waals surface area contributed by atoms with Gasteiger partial charge in [-0.15, -0.1) is 0 Å². The van der Waals surface area contributed by atoms with Crippen LogP contribution in [-0.2, 0) is 4.79 Å². The molecular weight excluding hydrogens is 278 g/mol. The SMILES string of the molecule is CCC(=O)/C=C/c1c[nH]c2ncnc(Oc3ccccc3)c12. The Hall–Kier alpha value is -2.95. The first-order chi connectivity index (χ1) is 10.8. The number of nitrogens with zero attached hydrogens (tertiary/aromatic N) is 2. The molecule has 0 aliphatic rings. The second kappa shape index (κ2) is 6.22. The summed E-state index contributed by atoms with van der Waals surface area (Å²) in [5, 5.41) is 0.756. The predicted octanol–water partition coefficient (Wildman–Crippen LogP) is 3.74. The molecule has 0 saturated heterocycles. The quantitative estimate of drug-likeness (QED) is 0.728. The van der Waals surface area contributed by atoms with Crippen molar-refractivity contribution in [3.8, 4) is 11.6 Å². The topological polar surface area (TPSA) is 67.9 Å². The van der Waals surface area contributed by atoms with E-state index in [1.54, 1.807) is 18.3 Å². The van der Waals surface area contributed by atoms with Crippen LogP contribution in [0.3, 0.4) is 0 Å². The van der Waals surface area contributed by atoms with Crippen LogP contribution in [0.2, 0.25) is 0 Å². The van der Waals surface area contributed by atoms with E-state index in [1.807, 2.05) is 37.3 Å². The van der Waals surface area contributed by atoms with Gasteiger partial charge in [0.1, 0.15) is 17.7 Å². The number of ether oxygens (including phenoxy) is 1. The normalized spacial score (nSPS) is 11.1. The van der Waals surface area contributed by atoms with Crippen molar-refractivity contribution in [3.05, 3.63) is 54.5 Å². The lowest BCUT2D eigenvalue weighted by atomic mass is 10.2. The van der Waals surface area contributed by atoms with Crippen molar-refractivity contribution in [2.75, 3.05) is 0 Å². The number of allylic oxidation sites excluding steroid dienone is 1. The lowest BCUT2D eigenvalue weighted by Gasteiger charge is -2.05. The number of carbonyl (C=O) groups excluding carboxylic acids is 1. The molecule has 5 heteroatoms. The summed E-state index contributed by atoms with van der Waals surface area (Å²) >= 11 is 0. The number of ketones is 1. The first kappa shape index (κ1) is 14.0. The standard InChI is InChI=1S/C17H15N3O2/c1-2-13(21)9-8-12-10-18-16-15(12)17(20-11-19-16)22-14-6-4-3-5-7-14/h3-11H,2H2,1H3,(H,18,19,20)/b9-8+. The molecule has 2 aromatic heterocycles. The molecule has 22 heavy (non-hydrogen) atoms. The van der Waals surface area contributed by atoms with Crippen molar-refractivity contribution in [2.24, 2.45) is 0 Å². The Labute approximate surface area is 127 Å². The van der Waals surface area contributed by atoms with Gasteiger partial charge in [-0.05, 0) is 24.3 Å². The van der Waals surface area contributed by atoms with E-state index in [9.17, 15) is 4.79 Å². The Bertz CT molecular complexity index is 822. The summed E-state index contributed by atoms with van der Waals surface area (Å²) in [6, 6.07) is 9.42. The molecule has 110 valence electrons. The molecule has 5 nitrogen and oxygen atoms in total. The van der Waals surface area contributed by atoms with Crippen molar-refractivity contribution in [1.82, 2.24) is 15.0 Å². The van der Waals surface area contributed by atoms with Crippen LogP contribution < -0.4 is 4.74 Å². The highest BCUT2D eigenvalue weighted by atomic mass is 16.5. The Morgan fingerprint density at radius 2 is 2.09 bits per heavy atom. The minimum absolute atomic E-state index is 0.0664. The predicted molar refractivity (Wildman–Crippen MR) is 84.7 cm³/mol. The van der Waals surface area contributed by atoms with Crippen LogP contribution in [0.5, 0.6) is 11.6 Å². The van der Waals surface area contributed by atoms with Gasteiger partial charge < -0.3 is 9.72 Å². The lowest BCUT2D eigenvalue weighted by Crippen LogP contribution is -1.91. The maximum absolute atomic E-state index is 11.5. The number of nitrogens with one attached hydrogen (secondary N) is 1. The molecular formula is C17H15N3O2. The van der Waals surface area contributed by atoms with Crippen LogP contribution in [-0.4, -0.2) is 20.7 Å². The monoisotopic (exact) mass is 293 g/mol. The van der Waals surface area contributed by atoms with Gasteiger partial charge in [-0.25, -0.2) is 9.97 Å². The van der Waals surface area contributed by atoms with E-state index >= 15 is 0 Å². The number of fused-ring (bicyclic) bond motifs is 1. The van der Waals surface area contributed by atoms with Crippen molar-refractivity contribution >= 4 is 22.9 Å². The number of hydrogen-bond acceptors (Lipinski definition) is 4. The van der Waals surface area contributed by atoms with E-state index in [4.69, 9.17) is 4.74 Å². The average Bonchev–Trinajstić information content (AvgIpc) is 2.98. The zero-order chi connectivity index (χ0) is 15.4. The summed E-state index contributed by atoms with van der Waals surface area (Å²) in [6.45, 7) is 1.83. The first-order valence-corrected chi connectivity index (χ1v) is 7.04. The second-order valence-electron chi connectivity index (χ2n) is 4.71. The zero-order valence-electron chi connectivity index (χ0n) is 12.1. The third kappa shape index (κ3) is 2.88. The first-order valence-electron chi connectivity index (χ1n) is 7.04. The van der Waals surface area contributed by atoms with E-state index in [0.717, 1.165) is 10.9 Å². The van der Waals surface area contributed by atoms with Gasteiger partial charge in [0.15, 0.2) is 5.78 Å². The van der Waals surface area contributed by atoms with Crippen molar-refractivity contribution in [3.63, 3.8) is 0 Å². The van der Waals surface area contributed by atoms with Gasteiger partial charge >= 0.3 is 0 Å². The fourth-order valence-electron chi connectivity index (χ4n) is 2.07. The molecule has 1 aromatic carbocycles. The Kier molecular flexibility index (Phi) is 3.96. The summed E-state index contributed by atoms with van der Waals surface area (Å²) in [5.41, 5.74) is 1.49. The largest absolute Gasteiger partial charge is 0.438 e. The number of rotatable bonds is 5. The smallest absolute Gasteiger partial charge is 0.232 e. The molecule has 0 radical (unpaired) electrons. The van der Waals surface area contributed by atoms with Crippen molar-refractivity contribution in [1.29, 1.82) is 0 Å². The van der Waals surface area contributed by atoms with E-state index in [2.05, 4.69) is 15.0 Å². The van der Waals surface area contributed by atoms with Crippen LogP contribution >= 0.6 is 0 Å². The molecule has 0 saturated carbocycles. The van der Waals surface area contributed by atoms with E-state index in [-0.39, 0.29) is 5.78 Å². The number of carbonyl (C=O) groups is 1. The summed E-state index contributed by atoms with van der Waals surface area (Å²) in [5.74, 6) is 1.22. The van der Waals surface area contributed by atoms with Crippen molar-refractivity contribution in [2.45, 2.75) is 13.3 Å². The van der Waals surface area contributed by atoms with Gasteiger partial charge in [0.05, 0.1) is 5.39 Å². The molecule has 3 aromatic rings. The molecule has 1 N–H and O–H groups in total. The Balaban J connectivity index is 2.01. The van der Waals surface area contributed by atoms with E-state index in [0.29, 0.717) is 23.7 Å². The minimum Gasteiger partial charge on any atom is -0.438 e. The molecule has 0 amide bonds. The van der Waals surface area contributed by atoms with Gasteiger partial charge in [0.25, 0.3) is 0 Å². The fraction of sp³-hybridized carbons (Fsp3) is 0.118. The summed E-state index contributed by atoms with van der Waals surface area (Å²) in [6.07, 6.45) is 7.02. The van der Waals surface area contributed by atoms with Gasteiger partial charge in [-0.1, -0.05) is 25.1 Å². The molecule has 2 heterocycles. The van der Waals surface area contributed by atoms with E-state index in [1.165, 1.54) is 6.33 Å². The highest BCUT2D eigenvalue weighted by molar-refractivity contribution is 5.97. The molecule has 0 atom stereocenters. The van der Waals surface area contributed by atoms with Crippen LogP contribution in [0.4, 0.5) is 0 Å². The maximum atomic E-state index is 11.5. The molecule has 0 spiro atoms. The molecule has 0 aliphatic heterocycles. The number of H-pyrrole nitrogens is 1. The molecule has 0 aliphatic carbocycles. The van der Waals surface area contributed by atoms with Gasteiger partial charge in [0.2, 0.25) is 5.88 Å². The summed E-state index contributed by atoms with van der Waals surface area (Å²) in [7, 11) is 0. The highest BCUT2D eigenvalue weighted by Crippen LogP contribution is 2.29. The summed E-state index contributed by atoms with van der Waals surface area (Å²) in [4.78, 5) is 22.9. The zero-order valence-corrected chi connectivity index (χ0v) is 12.1. The molecule has 0 bridgehead atoms. The lowest BCUT2D eigenvalue weighted by molar-refractivity contribution is -0.114.